The number of esters is 1. The molecular weight excluding hydrogens is 430 g/mol. The van der Waals surface area contributed by atoms with Crippen LogP contribution in [0.3, 0.4) is 0 Å². The van der Waals surface area contributed by atoms with Crippen molar-refractivity contribution >= 4 is 18.0 Å². The molecule has 0 saturated heterocycles. The van der Waals surface area contributed by atoms with E-state index in [-0.39, 0.29) is 12.2 Å². The van der Waals surface area contributed by atoms with Gasteiger partial charge in [-0.2, -0.15) is 0 Å². The van der Waals surface area contributed by atoms with Gasteiger partial charge in [0, 0.05) is 20.0 Å². The van der Waals surface area contributed by atoms with Crippen molar-refractivity contribution in [3.8, 4) is 0 Å². The molecule has 1 unspecified atom stereocenters. The van der Waals surface area contributed by atoms with Crippen LogP contribution >= 0.6 is 0 Å². The Morgan fingerprint density at radius 3 is 2.00 bits per heavy atom. The first-order valence-corrected chi connectivity index (χ1v) is 10.9. The number of carbonyl (C=O) groups excluding carboxylic acids is 3. The van der Waals surface area contributed by atoms with Crippen LogP contribution in [0.25, 0.3) is 0 Å². The summed E-state index contributed by atoms with van der Waals surface area (Å²) in [5, 5.41) is 11.2. The first-order valence-electron chi connectivity index (χ1n) is 10.9. The van der Waals surface area contributed by atoms with E-state index in [0.717, 1.165) is 0 Å². The number of allylic oxidation sites excluding steroid dienone is 2. The summed E-state index contributed by atoms with van der Waals surface area (Å²) in [5.41, 5.74) is -1.63. The highest BCUT2D eigenvalue weighted by Gasteiger charge is 2.44. The van der Waals surface area contributed by atoms with Gasteiger partial charge in [-0.1, -0.05) is 11.6 Å². The minimum atomic E-state index is -2.17. The topological polar surface area (TPSA) is 112 Å². The average Bonchev–Trinajstić information content (AvgIpc) is 2.61. The Bertz CT molecular complexity index is 808. The number of aliphatic hydroxyl groups is 1. The lowest BCUT2D eigenvalue weighted by molar-refractivity contribution is -0.293. The molecule has 0 bridgehead atoms. The Morgan fingerprint density at radius 2 is 1.52 bits per heavy atom. The largest absolute Gasteiger partial charge is 0.444 e. The molecule has 0 aromatic heterocycles. The van der Waals surface area contributed by atoms with Crippen molar-refractivity contribution in [1.29, 1.82) is 0 Å². The predicted octanol–water partition coefficient (Wildman–Crippen LogP) is 4.26. The highest BCUT2D eigenvalue weighted by Crippen LogP contribution is 2.35. The molecular formula is C24H39NO8. The van der Waals surface area contributed by atoms with E-state index in [1.165, 1.54) is 11.0 Å². The van der Waals surface area contributed by atoms with Gasteiger partial charge < -0.3 is 19.5 Å². The molecule has 1 amide bonds. The molecule has 0 aromatic rings. The number of amides is 1. The van der Waals surface area contributed by atoms with Crippen LogP contribution in [0.1, 0.15) is 75.2 Å². The predicted molar refractivity (Wildman–Crippen MR) is 121 cm³/mol. The summed E-state index contributed by atoms with van der Waals surface area (Å²) in [7, 11) is 1.61. The second-order valence-electron chi connectivity index (χ2n) is 11.3. The molecule has 33 heavy (non-hydrogen) atoms. The zero-order chi connectivity index (χ0) is 25.8. The third kappa shape index (κ3) is 9.07. The normalized spacial score (nSPS) is 19.1. The van der Waals surface area contributed by atoms with Gasteiger partial charge in [-0.3, -0.25) is 9.68 Å². The van der Waals surface area contributed by atoms with E-state index in [0.29, 0.717) is 18.5 Å². The van der Waals surface area contributed by atoms with Crippen LogP contribution in [0, 0.1) is 10.8 Å². The number of hydrogen-bond donors (Lipinski definition) is 1. The maximum Gasteiger partial charge on any atom is 0.410 e. The molecule has 0 aromatic carbocycles. The number of ether oxygens (including phenoxy) is 2. The highest BCUT2D eigenvalue weighted by atomic mass is 17.2. The minimum absolute atomic E-state index is 0.115. The summed E-state index contributed by atoms with van der Waals surface area (Å²) in [6.07, 6.45) is 2.86. The molecule has 0 radical (unpaired) electrons. The molecule has 9 nitrogen and oxygen atoms in total. The Kier molecular flexibility index (Phi) is 8.76. The fourth-order valence-electron chi connectivity index (χ4n) is 2.39. The number of carbonyl (C=O) groups is 3. The van der Waals surface area contributed by atoms with Gasteiger partial charge in [-0.05, 0) is 74.8 Å². The summed E-state index contributed by atoms with van der Waals surface area (Å²) in [6.45, 7) is 15.6. The van der Waals surface area contributed by atoms with Crippen molar-refractivity contribution in [1.82, 2.24) is 4.90 Å². The third-order valence-electron chi connectivity index (χ3n) is 4.49. The maximum absolute atomic E-state index is 12.5. The second kappa shape index (κ2) is 10.2. The molecule has 0 spiro atoms. The van der Waals surface area contributed by atoms with Crippen molar-refractivity contribution in [3.05, 3.63) is 23.5 Å². The molecule has 1 atom stereocenters. The zero-order valence-electron chi connectivity index (χ0n) is 21.5. The fraction of sp³-hybridized carbons (Fsp3) is 0.708. The Hall–Kier alpha value is -2.55. The fourth-order valence-corrected chi connectivity index (χ4v) is 2.39. The average molecular weight is 470 g/mol. The van der Waals surface area contributed by atoms with Gasteiger partial charge in [0.05, 0.1) is 10.8 Å². The molecule has 188 valence electrons. The van der Waals surface area contributed by atoms with Crippen LogP contribution in [0.4, 0.5) is 4.79 Å². The van der Waals surface area contributed by atoms with Gasteiger partial charge in [0.1, 0.15) is 5.60 Å². The van der Waals surface area contributed by atoms with Crippen LogP contribution in [-0.2, 0) is 28.8 Å². The van der Waals surface area contributed by atoms with Crippen molar-refractivity contribution < 1.29 is 38.7 Å². The van der Waals surface area contributed by atoms with Crippen molar-refractivity contribution in [3.63, 3.8) is 0 Å². The first kappa shape index (κ1) is 28.5. The SMILES string of the molecule is CN(CCC1=CC=C(OOC(=O)C(C)(C)C)C(O)(OC(=O)C(C)(C)C)C1)C(=O)OC(C)(C)C. The molecule has 0 saturated carbocycles. The number of hydrogen-bond acceptors (Lipinski definition) is 8. The summed E-state index contributed by atoms with van der Waals surface area (Å²) in [4.78, 5) is 48.2. The summed E-state index contributed by atoms with van der Waals surface area (Å²) >= 11 is 0. The summed E-state index contributed by atoms with van der Waals surface area (Å²) in [5.74, 6) is -3.70. The monoisotopic (exact) mass is 469 g/mol. The number of nitrogens with zero attached hydrogens (tertiary/aromatic N) is 1. The smallest absolute Gasteiger partial charge is 0.410 e. The number of rotatable bonds is 6. The summed E-state index contributed by atoms with van der Waals surface area (Å²) < 4.78 is 10.7. The molecule has 1 aliphatic rings. The van der Waals surface area contributed by atoms with Crippen molar-refractivity contribution in [2.75, 3.05) is 13.6 Å². The van der Waals surface area contributed by atoms with Gasteiger partial charge in [0.25, 0.3) is 5.79 Å². The van der Waals surface area contributed by atoms with Crippen molar-refractivity contribution in [2.24, 2.45) is 10.8 Å². The lowest BCUT2D eigenvalue weighted by Gasteiger charge is -2.34. The molecule has 1 aliphatic carbocycles. The standard InChI is InChI=1S/C24H39NO8/c1-21(2,3)18(26)30-24(29)15-16(13-14-25(10)20(28)31-23(7,8)9)11-12-17(24)32-33-19(27)22(4,5)6/h11-12,29H,13-15H2,1-10H3. The quantitative estimate of drug-likeness (QED) is 0.266. The minimum Gasteiger partial charge on any atom is -0.444 e. The van der Waals surface area contributed by atoms with Crippen LogP contribution in [0.5, 0.6) is 0 Å². The molecule has 1 N–H and O–H groups in total. The zero-order valence-corrected chi connectivity index (χ0v) is 21.5. The molecule has 1 rings (SSSR count). The van der Waals surface area contributed by atoms with E-state index in [4.69, 9.17) is 19.2 Å². The molecule has 0 aliphatic heterocycles. The molecule has 9 heteroatoms. The maximum atomic E-state index is 12.5. The van der Waals surface area contributed by atoms with E-state index < -0.39 is 40.2 Å². The van der Waals surface area contributed by atoms with Gasteiger partial charge >= 0.3 is 18.0 Å². The van der Waals surface area contributed by atoms with E-state index in [1.54, 1.807) is 75.4 Å². The summed E-state index contributed by atoms with van der Waals surface area (Å²) in [6, 6.07) is 0. The second-order valence-corrected chi connectivity index (χ2v) is 11.3. The third-order valence-corrected chi connectivity index (χ3v) is 4.49. The Balaban J connectivity index is 3.01. The highest BCUT2D eigenvalue weighted by molar-refractivity contribution is 5.76. The first-order chi connectivity index (χ1) is 14.7. The van der Waals surface area contributed by atoms with Crippen molar-refractivity contribution in [2.45, 2.75) is 86.5 Å². The van der Waals surface area contributed by atoms with Gasteiger partial charge in [0.2, 0.25) is 5.76 Å². The van der Waals surface area contributed by atoms with Gasteiger partial charge in [-0.15, -0.1) is 0 Å². The Morgan fingerprint density at radius 1 is 0.970 bits per heavy atom. The van der Waals surface area contributed by atoms with E-state index >= 15 is 0 Å². The van der Waals surface area contributed by atoms with Crippen LogP contribution in [0.2, 0.25) is 0 Å². The van der Waals surface area contributed by atoms with Crippen LogP contribution in [0.15, 0.2) is 23.5 Å². The van der Waals surface area contributed by atoms with Crippen LogP contribution < -0.4 is 0 Å². The molecule has 0 heterocycles. The van der Waals surface area contributed by atoms with Gasteiger partial charge in [-0.25, -0.2) is 14.5 Å². The van der Waals surface area contributed by atoms with E-state index in [1.807, 2.05) is 0 Å². The van der Waals surface area contributed by atoms with Crippen LogP contribution in [-0.4, -0.2) is 53.0 Å². The molecule has 0 fully saturated rings. The Labute approximate surface area is 196 Å². The van der Waals surface area contributed by atoms with E-state index in [9.17, 15) is 19.5 Å². The lowest BCUT2D eigenvalue weighted by Crippen LogP contribution is -2.43. The van der Waals surface area contributed by atoms with Gasteiger partial charge in [0.15, 0.2) is 0 Å². The van der Waals surface area contributed by atoms with E-state index in [2.05, 4.69) is 0 Å². The lowest BCUT2D eigenvalue weighted by atomic mass is 9.93.